The van der Waals surface area contributed by atoms with E-state index in [4.69, 9.17) is 0 Å². The first kappa shape index (κ1) is 13.7. The van der Waals surface area contributed by atoms with Gasteiger partial charge in [-0.2, -0.15) is 0 Å². The minimum absolute atomic E-state index is 0.125. The zero-order valence-electron chi connectivity index (χ0n) is 10.7. The lowest BCUT2D eigenvalue weighted by Crippen LogP contribution is -2.29. The van der Waals surface area contributed by atoms with Gasteiger partial charge in [-0.25, -0.2) is 0 Å². The van der Waals surface area contributed by atoms with Gasteiger partial charge in [-0.05, 0) is 18.9 Å². The molecule has 0 heterocycles. The van der Waals surface area contributed by atoms with Crippen LogP contribution in [0.1, 0.15) is 38.3 Å². The van der Waals surface area contributed by atoms with Crippen LogP contribution in [0.3, 0.4) is 0 Å². The van der Waals surface area contributed by atoms with E-state index in [0.717, 1.165) is 13.0 Å². The first-order valence-corrected chi connectivity index (χ1v) is 6.29. The van der Waals surface area contributed by atoms with Crippen molar-refractivity contribution in [2.24, 2.45) is 0 Å². The Morgan fingerprint density at radius 2 is 1.94 bits per heavy atom. The molecule has 1 unspecified atom stereocenters. The van der Waals surface area contributed by atoms with Crippen molar-refractivity contribution in [2.75, 3.05) is 13.1 Å². The number of hydrogen-bond acceptors (Lipinski definition) is 2. The van der Waals surface area contributed by atoms with E-state index in [0.29, 0.717) is 13.0 Å². The van der Waals surface area contributed by atoms with Crippen molar-refractivity contribution in [1.29, 1.82) is 0 Å². The van der Waals surface area contributed by atoms with E-state index in [1.165, 1.54) is 5.56 Å². The number of benzene rings is 1. The van der Waals surface area contributed by atoms with Crippen LogP contribution < -0.4 is 10.6 Å². The third-order valence-corrected chi connectivity index (χ3v) is 2.67. The van der Waals surface area contributed by atoms with Gasteiger partial charge in [0.1, 0.15) is 0 Å². The van der Waals surface area contributed by atoms with Gasteiger partial charge in [0.15, 0.2) is 0 Å². The summed E-state index contributed by atoms with van der Waals surface area (Å²) in [5, 5.41) is 6.21. The molecule has 0 spiro atoms. The largest absolute Gasteiger partial charge is 0.356 e. The maximum atomic E-state index is 11.4. The summed E-state index contributed by atoms with van der Waals surface area (Å²) in [6.45, 7) is 5.65. The van der Waals surface area contributed by atoms with Crippen molar-refractivity contribution in [1.82, 2.24) is 10.6 Å². The maximum absolute atomic E-state index is 11.4. The minimum Gasteiger partial charge on any atom is -0.356 e. The van der Waals surface area contributed by atoms with Crippen LogP contribution in [0.5, 0.6) is 0 Å². The van der Waals surface area contributed by atoms with Gasteiger partial charge in [0.2, 0.25) is 5.91 Å². The lowest BCUT2D eigenvalue weighted by molar-refractivity contribution is -0.121. The van der Waals surface area contributed by atoms with Gasteiger partial charge in [0, 0.05) is 25.6 Å². The quantitative estimate of drug-likeness (QED) is 0.759. The molecule has 0 aliphatic rings. The zero-order chi connectivity index (χ0) is 12.5. The van der Waals surface area contributed by atoms with Crippen LogP contribution in [-0.2, 0) is 4.79 Å². The summed E-state index contributed by atoms with van der Waals surface area (Å²) in [4.78, 5) is 11.4. The number of hydrogen-bond donors (Lipinski definition) is 2. The summed E-state index contributed by atoms with van der Waals surface area (Å²) in [5.74, 6) is 0.125. The van der Waals surface area contributed by atoms with E-state index in [-0.39, 0.29) is 11.9 Å². The average Bonchev–Trinajstić information content (AvgIpc) is 2.37. The fourth-order valence-electron chi connectivity index (χ4n) is 1.61. The van der Waals surface area contributed by atoms with Gasteiger partial charge in [0.05, 0.1) is 0 Å². The van der Waals surface area contributed by atoms with E-state index < -0.39 is 0 Å². The smallest absolute Gasteiger partial charge is 0.221 e. The van der Waals surface area contributed by atoms with Crippen molar-refractivity contribution in [3.63, 3.8) is 0 Å². The topological polar surface area (TPSA) is 41.1 Å². The number of amides is 1. The lowest BCUT2D eigenvalue weighted by atomic mass is 10.1. The second-order valence-electron chi connectivity index (χ2n) is 4.19. The molecule has 1 atom stereocenters. The van der Waals surface area contributed by atoms with Gasteiger partial charge in [0.25, 0.3) is 0 Å². The molecular formula is C14H22N2O. The van der Waals surface area contributed by atoms with E-state index in [2.05, 4.69) is 36.6 Å². The first-order valence-electron chi connectivity index (χ1n) is 6.29. The van der Waals surface area contributed by atoms with Gasteiger partial charge in [-0.3, -0.25) is 4.79 Å². The first-order chi connectivity index (χ1) is 8.24. The summed E-state index contributed by atoms with van der Waals surface area (Å²) < 4.78 is 0. The highest BCUT2D eigenvalue weighted by molar-refractivity contribution is 5.75. The molecule has 17 heavy (non-hydrogen) atoms. The van der Waals surface area contributed by atoms with Crippen LogP contribution in [0.4, 0.5) is 0 Å². The summed E-state index contributed by atoms with van der Waals surface area (Å²) >= 11 is 0. The Morgan fingerprint density at radius 3 is 2.59 bits per heavy atom. The third-order valence-electron chi connectivity index (χ3n) is 2.67. The Labute approximate surface area is 104 Å². The fraction of sp³-hybridized carbons (Fsp3) is 0.500. The van der Waals surface area contributed by atoms with Gasteiger partial charge < -0.3 is 10.6 Å². The van der Waals surface area contributed by atoms with Crippen LogP contribution in [0, 0.1) is 0 Å². The summed E-state index contributed by atoms with van der Waals surface area (Å²) in [5.41, 5.74) is 1.25. The average molecular weight is 234 g/mol. The van der Waals surface area contributed by atoms with Crippen LogP contribution >= 0.6 is 0 Å². The molecule has 0 saturated heterocycles. The standard InChI is InChI=1S/C14H22N2O/c1-3-10-16-14(17)9-11-15-12(2)13-7-5-4-6-8-13/h4-8,12,15H,3,9-11H2,1-2H3,(H,16,17). The summed E-state index contributed by atoms with van der Waals surface area (Å²) in [6, 6.07) is 10.5. The summed E-state index contributed by atoms with van der Waals surface area (Å²) in [6.07, 6.45) is 1.52. The SMILES string of the molecule is CCCNC(=O)CCNC(C)c1ccccc1. The Kier molecular flexibility index (Phi) is 6.33. The minimum atomic E-state index is 0.125. The molecule has 0 aliphatic heterocycles. The predicted octanol–water partition coefficient (Wildman–Crippen LogP) is 2.25. The molecule has 0 radical (unpaired) electrons. The van der Waals surface area contributed by atoms with E-state index >= 15 is 0 Å². The van der Waals surface area contributed by atoms with Gasteiger partial charge in [-0.15, -0.1) is 0 Å². The predicted molar refractivity (Wildman–Crippen MR) is 70.8 cm³/mol. The van der Waals surface area contributed by atoms with Crippen LogP contribution in [0.15, 0.2) is 30.3 Å². The van der Waals surface area contributed by atoms with Crippen molar-refractivity contribution in [3.05, 3.63) is 35.9 Å². The Bertz CT molecular complexity index is 324. The molecule has 1 aromatic carbocycles. The van der Waals surface area contributed by atoms with Crippen molar-refractivity contribution >= 4 is 5.91 Å². The zero-order valence-corrected chi connectivity index (χ0v) is 10.7. The maximum Gasteiger partial charge on any atom is 0.221 e. The molecule has 0 aliphatic carbocycles. The molecule has 1 aromatic rings. The highest BCUT2D eigenvalue weighted by atomic mass is 16.1. The van der Waals surface area contributed by atoms with Crippen LogP contribution in [-0.4, -0.2) is 19.0 Å². The second-order valence-corrected chi connectivity index (χ2v) is 4.19. The fourth-order valence-corrected chi connectivity index (χ4v) is 1.61. The molecule has 3 heteroatoms. The van der Waals surface area contributed by atoms with E-state index in [9.17, 15) is 4.79 Å². The molecule has 2 N–H and O–H groups in total. The number of carbonyl (C=O) groups is 1. The van der Waals surface area contributed by atoms with Crippen molar-refractivity contribution in [2.45, 2.75) is 32.7 Å². The van der Waals surface area contributed by atoms with Crippen LogP contribution in [0.25, 0.3) is 0 Å². The highest BCUT2D eigenvalue weighted by Gasteiger charge is 2.05. The molecule has 0 fully saturated rings. The molecule has 94 valence electrons. The monoisotopic (exact) mass is 234 g/mol. The molecule has 0 saturated carbocycles. The molecule has 3 nitrogen and oxygen atoms in total. The molecule has 1 amide bonds. The molecule has 0 aromatic heterocycles. The van der Waals surface area contributed by atoms with Gasteiger partial charge in [-0.1, -0.05) is 37.3 Å². The van der Waals surface area contributed by atoms with E-state index in [1.54, 1.807) is 0 Å². The van der Waals surface area contributed by atoms with Crippen molar-refractivity contribution < 1.29 is 4.79 Å². The Balaban J connectivity index is 2.20. The molecule has 1 rings (SSSR count). The van der Waals surface area contributed by atoms with Crippen LogP contribution in [0.2, 0.25) is 0 Å². The molecular weight excluding hydrogens is 212 g/mol. The van der Waals surface area contributed by atoms with Crippen molar-refractivity contribution in [3.8, 4) is 0 Å². The number of nitrogens with one attached hydrogen (secondary N) is 2. The third kappa shape index (κ3) is 5.50. The molecule has 0 bridgehead atoms. The normalized spacial score (nSPS) is 12.1. The number of carbonyl (C=O) groups excluding carboxylic acids is 1. The second kappa shape index (κ2) is 7.85. The van der Waals surface area contributed by atoms with E-state index in [1.807, 2.05) is 18.2 Å². The number of rotatable bonds is 7. The van der Waals surface area contributed by atoms with Gasteiger partial charge >= 0.3 is 0 Å². The highest BCUT2D eigenvalue weighted by Crippen LogP contribution is 2.10. The summed E-state index contributed by atoms with van der Waals surface area (Å²) in [7, 11) is 0. The Morgan fingerprint density at radius 1 is 1.24 bits per heavy atom. The lowest BCUT2D eigenvalue weighted by Gasteiger charge is -2.13. The Hall–Kier alpha value is -1.35.